The number of isothiocyanates is 1. The number of benzene rings is 1. The van der Waals surface area contributed by atoms with Crippen molar-refractivity contribution in [2.45, 2.75) is 30.7 Å². The van der Waals surface area contributed by atoms with Crippen LogP contribution in [0.3, 0.4) is 0 Å². The third-order valence-corrected chi connectivity index (χ3v) is 3.21. The van der Waals surface area contributed by atoms with E-state index < -0.39 is 37.3 Å². The van der Waals surface area contributed by atoms with Crippen molar-refractivity contribution in [2.75, 3.05) is 6.61 Å². The smallest absolute Gasteiger partial charge is 0.229 e. The van der Waals surface area contributed by atoms with E-state index in [1.807, 2.05) is 0 Å². The summed E-state index contributed by atoms with van der Waals surface area (Å²) in [4.78, 5) is 3.81. The second-order valence-electron chi connectivity index (χ2n) is 4.49. The van der Waals surface area contributed by atoms with Crippen molar-refractivity contribution in [1.29, 1.82) is 0 Å². The Bertz CT molecular complexity index is 533. The first-order chi connectivity index (χ1) is 10.1. The van der Waals surface area contributed by atoms with E-state index in [0.717, 1.165) is 0 Å². The number of rotatable bonds is 4. The maximum atomic E-state index is 9.89. The lowest BCUT2D eigenvalue weighted by atomic mass is 9.99. The Morgan fingerprint density at radius 3 is 2.57 bits per heavy atom. The molecule has 1 aliphatic rings. The van der Waals surface area contributed by atoms with Gasteiger partial charge in [0.2, 0.25) is 6.29 Å². The maximum Gasteiger partial charge on any atom is 0.229 e. The van der Waals surface area contributed by atoms with Crippen LogP contribution >= 0.6 is 12.2 Å². The summed E-state index contributed by atoms with van der Waals surface area (Å²) in [5, 5.41) is 40.6. The first kappa shape index (κ1) is 16.0. The van der Waals surface area contributed by atoms with Gasteiger partial charge >= 0.3 is 0 Å². The van der Waals surface area contributed by atoms with E-state index in [1.54, 1.807) is 24.3 Å². The van der Waals surface area contributed by atoms with Crippen LogP contribution in [0.15, 0.2) is 29.3 Å². The van der Waals surface area contributed by atoms with Crippen molar-refractivity contribution in [2.24, 2.45) is 4.99 Å². The van der Waals surface area contributed by atoms with Gasteiger partial charge in [-0.05, 0) is 24.4 Å². The molecule has 1 saturated heterocycles. The zero-order chi connectivity index (χ0) is 15.4. The first-order valence-corrected chi connectivity index (χ1v) is 6.63. The quantitative estimate of drug-likeness (QED) is 0.442. The molecule has 8 heteroatoms. The van der Waals surface area contributed by atoms with Crippen LogP contribution < -0.4 is 4.74 Å². The molecule has 0 saturated carbocycles. The van der Waals surface area contributed by atoms with Crippen LogP contribution in [-0.4, -0.2) is 62.9 Å². The fourth-order valence-electron chi connectivity index (χ4n) is 1.99. The number of para-hydroxylation sites is 2. The van der Waals surface area contributed by atoms with Crippen LogP contribution in [0.4, 0.5) is 5.69 Å². The third-order valence-electron chi connectivity index (χ3n) is 3.12. The number of aliphatic imine (C=N–C) groups is 1. The number of aliphatic hydroxyl groups excluding tert-OH is 4. The van der Waals surface area contributed by atoms with Crippen LogP contribution in [0, 0.1) is 0 Å². The molecule has 114 valence electrons. The standard InChI is InChI=1S/C13H15NO6S/c15-5-9-10(16)11(17)12(18)13(20-9)19-8-4-2-1-3-7(8)14-6-21/h1-4,9-13,15-18H,5H2/t9-,10-,11+,12+,13+/m1/s1. The maximum absolute atomic E-state index is 9.89. The second-order valence-corrected chi connectivity index (χ2v) is 4.67. The van der Waals surface area contributed by atoms with Crippen LogP contribution in [0.1, 0.15) is 0 Å². The van der Waals surface area contributed by atoms with Crippen molar-refractivity contribution in [3.05, 3.63) is 24.3 Å². The van der Waals surface area contributed by atoms with Crippen LogP contribution in [-0.2, 0) is 4.74 Å². The Morgan fingerprint density at radius 2 is 1.90 bits per heavy atom. The molecule has 1 aromatic carbocycles. The Kier molecular flexibility index (Phi) is 5.38. The molecule has 1 fully saturated rings. The minimum absolute atomic E-state index is 0.263. The summed E-state index contributed by atoms with van der Waals surface area (Å²) in [7, 11) is 0. The highest BCUT2D eigenvalue weighted by Gasteiger charge is 2.44. The van der Waals surface area contributed by atoms with Gasteiger partial charge in [-0.2, -0.15) is 4.99 Å². The lowest BCUT2D eigenvalue weighted by molar-refractivity contribution is -0.277. The average Bonchev–Trinajstić information content (AvgIpc) is 2.50. The Morgan fingerprint density at radius 1 is 1.19 bits per heavy atom. The second kappa shape index (κ2) is 7.06. The number of hydrogen-bond donors (Lipinski definition) is 4. The van der Waals surface area contributed by atoms with Crippen molar-refractivity contribution < 1.29 is 29.9 Å². The zero-order valence-electron chi connectivity index (χ0n) is 10.9. The molecule has 4 N–H and O–H groups in total. The van der Waals surface area contributed by atoms with Gasteiger partial charge < -0.3 is 29.9 Å². The molecule has 5 atom stereocenters. The molecule has 0 bridgehead atoms. The largest absolute Gasteiger partial charge is 0.460 e. The lowest BCUT2D eigenvalue weighted by Crippen LogP contribution is -2.60. The summed E-state index contributed by atoms with van der Waals surface area (Å²) in [6, 6.07) is 6.60. The summed E-state index contributed by atoms with van der Waals surface area (Å²) in [6.45, 7) is -0.523. The van der Waals surface area contributed by atoms with Gasteiger partial charge in [-0.3, -0.25) is 0 Å². The van der Waals surface area contributed by atoms with Crippen molar-refractivity contribution in [3.63, 3.8) is 0 Å². The van der Waals surface area contributed by atoms with E-state index in [0.29, 0.717) is 5.69 Å². The molecule has 2 rings (SSSR count). The van der Waals surface area contributed by atoms with Crippen molar-refractivity contribution in [1.82, 2.24) is 0 Å². The Balaban J connectivity index is 2.20. The topological polar surface area (TPSA) is 112 Å². The summed E-state index contributed by atoms with van der Waals surface area (Å²) in [5.41, 5.74) is 0.379. The molecule has 0 spiro atoms. The van der Waals surface area contributed by atoms with Gasteiger partial charge in [-0.25, -0.2) is 0 Å². The van der Waals surface area contributed by atoms with Crippen molar-refractivity contribution in [3.8, 4) is 5.75 Å². The first-order valence-electron chi connectivity index (χ1n) is 6.22. The van der Waals surface area contributed by atoms with Gasteiger partial charge in [0.25, 0.3) is 0 Å². The molecule has 0 radical (unpaired) electrons. The number of aliphatic hydroxyl groups is 4. The number of ether oxygens (including phenoxy) is 2. The van der Waals surface area contributed by atoms with Gasteiger partial charge in [0, 0.05) is 0 Å². The normalized spacial score (nSPS) is 32.3. The molecule has 21 heavy (non-hydrogen) atoms. The van der Waals surface area contributed by atoms with E-state index in [2.05, 4.69) is 22.4 Å². The molecular formula is C13H15NO6S. The summed E-state index contributed by atoms with van der Waals surface area (Å²) < 4.78 is 10.7. The monoisotopic (exact) mass is 313 g/mol. The molecule has 1 aromatic rings. The van der Waals surface area contributed by atoms with E-state index in [9.17, 15) is 15.3 Å². The number of thiocarbonyl (C=S) groups is 1. The Hall–Kier alpha value is -1.38. The van der Waals surface area contributed by atoms with Gasteiger partial charge in [-0.15, -0.1) is 0 Å². The number of hydrogen-bond acceptors (Lipinski definition) is 8. The summed E-state index contributed by atoms with van der Waals surface area (Å²) in [6.07, 6.45) is -6.70. The summed E-state index contributed by atoms with van der Waals surface area (Å²) in [5.74, 6) is 0.263. The minimum atomic E-state index is -1.50. The highest BCUT2D eigenvalue weighted by Crippen LogP contribution is 2.30. The lowest BCUT2D eigenvalue weighted by Gasteiger charge is -2.39. The molecule has 1 heterocycles. The predicted octanol–water partition coefficient (Wildman–Crippen LogP) is -0.400. The van der Waals surface area contributed by atoms with Crippen molar-refractivity contribution >= 4 is 23.1 Å². The molecule has 1 aliphatic heterocycles. The molecule has 0 amide bonds. The van der Waals surface area contributed by atoms with E-state index in [1.165, 1.54) is 0 Å². The Labute approximate surface area is 126 Å². The highest BCUT2D eigenvalue weighted by atomic mass is 32.1. The highest BCUT2D eigenvalue weighted by molar-refractivity contribution is 7.78. The van der Waals surface area contributed by atoms with Gasteiger partial charge in [-0.1, -0.05) is 12.1 Å². The van der Waals surface area contributed by atoms with E-state index >= 15 is 0 Å². The third kappa shape index (κ3) is 3.45. The van der Waals surface area contributed by atoms with Crippen LogP contribution in [0.25, 0.3) is 0 Å². The summed E-state index contributed by atoms with van der Waals surface area (Å²) >= 11 is 4.53. The fourth-order valence-corrected chi connectivity index (χ4v) is 2.09. The van der Waals surface area contributed by atoms with Gasteiger partial charge in [0.15, 0.2) is 0 Å². The zero-order valence-corrected chi connectivity index (χ0v) is 11.7. The molecule has 0 unspecified atom stereocenters. The fraction of sp³-hybridized carbons (Fsp3) is 0.462. The molecular weight excluding hydrogens is 298 g/mol. The van der Waals surface area contributed by atoms with Crippen LogP contribution in [0.5, 0.6) is 5.75 Å². The predicted molar refractivity (Wildman–Crippen MR) is 75.5 cm³/mol. The van der Waals surface area contributed by atoms with E-state index in [4.69, 9.17) is 14.6 Å². The van der Waals surface area contributed by atoms with Crippen LogP contribution in [0.2, 0.25) is 0 Å². The number of nitrogens with zero attached hydrogens (tertiary/aromatic N) is 1. The SMILES string of the molecule is OC[C@H]1O[C@H](Oc2ccccc2N=C=S)[C@@H](O)[C@@H](O)[C@@H]1O. The molecule has 7 nitrogen and oxygen atoms in total. The average molecular weight is 313 g/mol. The molecule has 0 aliphatic carbocycles. The minimum Gasteiger partial charge on any atom is -0.460 e. The van der Waals surface area contributed by atoms with Gasteiger partial charge in [0.1, 0.15) is 35.9 Å². The van der Waals surface area contributed by atoms with E-state index in [-0.39, 0.29) is 5.75 Å². The molecule has 0 aromatic heterocycles. The van der Waals surface area contributed by atoms with Gasteiger partial charge in [0.05, 0.1) is 11.8 Å².